The lowest BCUT2D eigenvalue weighted by molar-refractivity contribution is 1.44. The molecule has 0 saturated heterocycles. The molecule has 1 aromatic heterocycles. The number of hydrogen-bond donors (Lipinski definition) is 1. The SMILES string of the molecule is N#CC(C#N)=CNc1cccc(-c2cccs2)c1. The number of thiophene rings is 1. The maximum atomic E-state index is 8.63. The summed E-state index contributed by atoms with van der Waals surface area (Å²) in [5, 5.41) is 22.2. The Balaban J connectivity index is 2.22. The van der Waals surface area contributed by atoms with Crippen molar-refractivity contribution in [3.63, 3.8) is 0 Å². The zero-order valence-corrected chi connectivity index (χ0v) is 10.2. The van der Waals surface area contributed by atoms with Crippen LogP contribution in [0.4, 0.5) is 5.69 Å². The molecule has 1 N–H and O–H groups in total. The molecule has 3 nitrogen and oxygen atoms in total. The summed E-state index contributed by atoms with van der Waals surface area (Å²) in [6, 6.07) is 15.5. The van der Waals surface area contributed by atoms with Crippen LogP contribution in [0.15, 0.2) is 53.6 Å². The second-order valence-electron chi connectivity index (χ2n) is 3.48. The van der Waals surface area contributed by atoms with E-state index in [1.807, 2.05) is 35.7 Å². The maximum Gasteiger partial charge on any atom is 0.145 e. The molecule has 0 unspecified atom stereocenters. The van der Waals surface area contributed by atoms with Crippen LogP contribution in [0.3, 0.4) is 0 Å². The van der Waals surface area contributed by atoms with E-state index in [1.54, 1.807) is 23.5 Å². The maximum absolute atomic E-state index is 8.63. The number of nitrogens with one attached hydrogen (secondary N) is 1. The molecule has 1 aromatic carbocycles. The molecule has 0 aliphatic heterocycles. The van der Waals surface area contributed by atoms with E-state index < -0.39 is 0 Å². The van der Waals surface area contributed by atoms with Crippen molar-refractivity contribution in [1.29, 1.82) is 10.5 Å². The minimum Gasteiger partial charge on any atom is -0.360 e. The Labute approximate surface area is 109 Å². The van der Waals surface area contributed by atoms with Crippen LogP contribution in [0.5, 0.6) is 0 Å². The first kappa shape index (κ1) is 11.9. The van der Waals surface area contributed by atoms with Crippen LogP contribution in [-0.4, -0.2) is 0 Å². The summed E-state index contributed by atoms with van der Waals surface area (Å²) in [4.78, 5) is 1.18. The average molecular weight is 251 g/mol. The van der Waals surface area contributed by atoms with Gasteiger partial charge in [0.25, 0.3) is 0 Å². The second kappa shape index (κ2) is 5.67. The topological polar surface area (TPSA) is 59.6 Å². The van der Waals surface area contributed by atoms with Gasteiger partial charge in [-0.1, -0.05) is 18.2 Å². The Morgan fingerprint density at radius 3 is 2.67 bits per heavy atom. The first-order valence-electron chi connectivity index (χ1n) is 5.24. The van der Waals surface area contributed by atoms with Crippen LogP contribution >= 0.6 is 11.3 Å². The monoisotopic (exact) mass is 251 g/mol. The van der Waals surface area contributed by atoms with E-state index in [0.29, 0.717) is 0 Å². The number of hydrogen-bond acceptors (Lipinski definition) is 4. The van der Waals surface area contributed by atoms with Crippen molar-refractivity contribution in [1.82, 2.24) is 0 Å². The molecule has 0 spiro atoms. The number of rotatable bonds is 3. The Bertz CT molecular complexity index is 626. The van der Waals surface area contributed by atoms with E-state index in [9.17, 15) is 0 Å². The highest BCUT2D eigenvalue weighted by molar-refractivity contribution is 7.13. The molecule has 0 bridgehead atoms. The van der Waals surface area contributed by atoms with Crippen LogP contribution in [0, 0.1) is 22.7 Å². The normalized spacial score (nSPS) is 9.00. The fraction of sp³-hybridized carbons (Fsp3) is 0. The van der Waals surface area contributed by atoms with Crippen LogP contribution in [-0.2, 0) is 0 Å². The van der Waals surface area contributed by atoms with Crippen molar-refractivity contribution >= 4 is 17.0 Å². The third kappa shape index (κ3) is 2.76. The smallest absolute Gasteiger partial charge is 0.145 e. The van der Waals surface area contributed by atoms with Crippen LogP contribution < -0.4 is 5.32 Å². The van der Waals surface area contributed by atoms with Gasteiger partial charge in [0.15, 0.2) is 0 Å². The summed E-state index contributed by atoms with van der Waals surface area (Å²) in [5.41, 5.74) is 2.01. The Morgan fingerprint density at radius 2 is 2.00 bits per heavy atom. The lowest BCUT2D eigenvalue weighted by Gasteiger charge is -2.03. The summed E-state index contributed by atoms with van der Waals surface area (Å²) < 4.78 is 0. The van der Waals surface area contributed by atoms with E-state index in [-0.39, 0.29) is 5.57 Å². The molecule has 18 heavy (non-hydrogen) atoms. The zero-order valence-electron chi connectivity index (χ0n) is 9.42. The molecule has 2 rings (SSSR count). The van der Waals surface area contributed by atoms with Crippen molar-refractivity contribution in [2.45, 2.75) is 0 Å². The van der Waals surface area contributed by atoms with E-state index in [4.69, 9.17) is 10.5 Å². The van der Waals surface area contributed by atoms with Gasteiger partial charge in [-0.2, -0.15) is 10.5 Å². The summed E-state index contributed by atoms with van der Waals surface area (Å²) in [5.74, 6) is 0. The Morgan fingerprint density at radius 1 is 1.17 bits per heavy atom. The fourth-order valence-electron chi connectivity index (χ4n) is 1.45. The van der Waals surface area contributed by atoms with Gasteiger partial charge in [-0.3, -0.25) is 0 Å². The molecule has 2 aromatic rings. The summed E-state index contributed by atoms with van der Waals surface area (Å²) in [7, 11) is 0. The predicted molar refractivity (Wildman–Crippen MR) is 72.7 cm³/mol. The molecular formula is C14H9N3S. The number of nitrogens with zero attached hydrogens (tertiary/aromatic N) is 2. The van der Waals surface area contributed by atoms with Gasteiger partial charge in [-0.25, -0.2) is 0 Å². The molecule has 1 heterocycles. The standard InChI is InChI=1S/C14H9N3S/c15-8-11(9-16)10-17-13-4-1-3-12(7-13)14-5-2-6-18-14/h1-7,10,17H. The molecular weight excluding hydrogens is 242 g/mol. The van der Waals surface area contributed by atoms with Crippen molar-refractivity contribution in [2.24, 2.45) is 0 Å². The number of nitriles is 2. The predicted octanol–water partition coefficient (Wildman–Crippen LogP) is 3.76. The van der Waals surface area contributed by atoms with Crippen molar-refractivity contribution in [3.8, 4) is 22.6 Å². The van der Waals surface area contributed by atoms with Crippen LogP contribution in [0.2, 0.25) is 0 Å². The van der Waals surface area contributed by atoms with E-state index in [2.05, 4.69) is 11.4 Å². The highest BCUT2D eigenvalue weighted by Gasteiger charge is 1.99. The van der Waals surface area contributed by atoms with Crippen LogP contribution in [0.1, 0.15) is 0 Å². The largest absolute Gasteiger partial charge is 0.360 e. The van der Waals surface area contributed by atoms with Gasteiger partial charge in [0.1, 0.15) is 17.7 Å². The van der Waals surface area contributed by atoms with E-state index in [1.165, 1.54) is 11.1 Å². The van der Waals surface area contributed by atoms with Crippen molar-refractivity contribution in [2.75, 3.05) is 5.32 Å². The number of allylic oxidation sites excluding steroid dienone is 1. The first-order chi connectivity index (χ1) is 8.83. The highest BCUT2D eigenvalue weighted by atomic mass is 32.1. The minimum atomic E-state index is 0.0523. The molecule has 0 amide bonds. The molecule has 0 aliphatic carbocycles. The summed E-state index contributed by atoms with van der Waals surface area (Å²) in [6.45, 7) is 0. The van der Waals surface area contributed by atoms with Gasteiger partial charge in [0.05, 0.1) is 0 Å². The van der Waals surface area contributed by atoms with Crippen LogP contribution in [0.25, 0.3) is 10.4 Å². The molecule has 0 saturated carbocycles. The van der Waals surface area contributed by atoms with E-state index >= 15 is 0 Å². The van der Waals surface area contributed by atoms with Gasteiger partial charge in [-0.05, 0) is 29.1 Å². The Hall–Kier alpha value is -2.56. The third-order valence-electron chi connectivity index (χ3n) is 2.29. The van der Waals surface area contributed by atoms with Gasteiger partial charge >= 0.3 is 0 Å². The first-order valence-corrected chi connectivity index (χ1v) is 6.12. The number of anilines is 1. The molecule has 0 radical (unpaired) electrons. The summed E-state index contributed by atoms with van der Waals surface area (Å²) >= 11 is 1.67. The van der Waals surface area contributed by atoms with E-state index in [0.717, 1.165) is 11.3 Å². The molecule has 0 atom stereocenters. The molecule has 4 heteroatoms. The van der Waals surface area contributed by atoms with Crippen molar-refractivity contribution < 1.29 is 0 Å². The number of benzene rings is 1. The third-order valence-corrected chi connectivity index (χ3v) is 3.21. The zero-order chi connectivity index (χ0) is 12.8. The highest BCUT2D eigenvalue weighted by Crippen LogP contribution is 2.26. The second-order valence-corrected chi connectivity index (χ2v) is 4.43. The minimum absolute atomic E-state index is 0.0523. The van der Waals surface area contributed by atoms with Gasteiger partial charge in [-0.15, -0.1) is 11.3 Å². The Kier molecular flexibility index (Phi) is 3.76. The molecule has 0 aliphatic rings. The van der Waals surface area contributed by atoms with Gasteiger partial charge < -0.3 is 5.32 Å². The molecule has 0 fully saturated rings. The van der Waals surface area contributed by atoms with Gasteiger partial charge in [0, 0.05) is 16.8 Å². The lowest BCUT2D eigenvalue weighted by atomic mass is 10.1. The van der Waals surface area contributed by atoms with Gasteiger partial charge in [0.2, 0.25) is 0 Å². The lowest BCUT2D eigenvalue weighted by Crippen LogP contribution is -1.89. The quantitative estimate of drug-likeness (QED) is 0.845. The molecule has 86 valence electrons. The fourth-order valence-corrected chi connectivity index (χ4v) is 2.17. The van der Waals surface area contributed by atoms with Crippen molar-refractivity contribution in [3.05, 3.63) is 53.6 Å². The summed E-state index contributed by atoms with van der Waals surface area (Å²) in [6.07, 6.45) is 1.41. The average Bonchev–Trinajstić information content (AvgIpc) is 2.94.